The van der Waals surface area contributed by atoms with Crippen LogP contribution < -0.4 is 0 Å². The van der Waals surface area contributed by atoms with E-state index >= 15 is 0 Å². The molecular formula is C53H35N3. The van der Waals surface area contributed by atoms with E-state index in [0.29, 0.717) is 5.82 Å². The quantitative estimate of drug-likeness (QED) is 0.154. The molecule has 0 saturated heterocycles. The van der Waals surface area contributed by atoms with E-state index < -0.39 is 0 Å². The number of hydrogen-bond donors (Lipinski definition) is 0. The van der Waals surface area contributed by atoms with Gasteiger partial charge in [0.15, 0.2) is 5.82 Å². The number of rotatable bonds is 7. The fraction of sp³-hybridized carbons (Fsp3) is 0. The molecule has 8 aromatic carbocycles. The lowest BCUT2D eigenvalue weighted by Gasteiger charge is -2.14. The summed E-state index contributed by atoms with van der Waals surface area (Å²) in [5.74, 6) is 0.701. The van der Waals surface area contributed by atoms with E-state index in [2.05, 4.69) is 182 Å². The Labute approximate surface area is 326 Å². The highest BCUT2D eigenvalue weighted by molar-refractivity contribution is 6.14. The van der Waals surface area contributed by atoms with E-state index in [4.69, 9.17) is 15.0 Å². The van der Waals surface area contributed by atoms with Crippen LogP contribution in [0.1, 0.15) is 0 Å². The van der Waals surface area contributed by atoms with Crippen LogP contribution in [0.5, 0.6) is 0 Å². The van der Waals surface area contributed by atoms with Gasteiger partial charge in [-0.25, -0.2) is 15.0 Å². The molecule has 0 aliphatic carbocycles. The average Bonchev–Trinajstić information content (AvgIpc) is 3.29. The summed E-state index contributed by atoms with van der Waals surface area (Å²) in [5.41, 5.74) is 14.8. The van der Waals surface area contributed by atoms with E-state index in [1.54, 1.807) is 0 Å². The first-order chi connectivity index (χ1) is 27.7. The molecule has 0 N–H and O–H groups in total. The standard InChI is InChI=1S/C53H35N3/c1-5-14-36(15-6-1)43-22-13-23-45(32-43)51-35-50(55-53(56-51)42-20-11-4-12-21-42)41-27-24-37(25-28-41)44-29-26-39-30-31-48-52(46(39)33-44)47(38-16-7-2-8-17-38)34-49(54-48)40-18-9-3-10-19-40/h1-35H. The Balaban J connectivity index is 1.06. The van der Waals surface area contributed by atoms with Gasteiger partial charge < -0.3 is 0 Å². The molecule has 3 heteroatoms. The van der Waals surface area contributed by atoms with Gasteiger partial charge in [0.25, 0.3) is 0 Å². The molecule has 10 rings (SSSR count). The van der Waals surface area contributed by atoms with Gasteiger partial charge in [-0.05, 0) is 74.5 Å². The lowest BCUT2D eigenvalue weighted by Crippen LogP contribution is -1.96. The summed E-state index contributed by atoms with van der Waals surface area (Å²) in [4.78, 5) is 15.4. The lowest BCUT2D eigenvalue weighted by atomic mass is 9.92. The van der Waals surface area contributed by atoms with Crippen molar-refractivity contribution in [1.82, 2.24) is 15.0 Å². The van der Waals surface area contributed by atoms with Gasteiger partial charge in [0.05, 0.1) is 22.6 Å². The lowest BCUT2D eigenvalue weighted by molar-refractivity contribution is 1.18. The molecule has 0 aliphatic heterocycles. The van der Waals surface area contributed by atoms with Crippen molar-refractivity contribution in [3.8, 4) is 78.5 Å². The first-order valence-corrected chi connectivity index (χ1v) is 18.9. The van der Waals surface area contributed by atoms with Crippen LogP contribution in [0, 0.1) is 0 Å². The van der Waals surface area contributed by atoms with Crippen LogP contribution in [0.2, 0.25) is 0 Å². The zero-order chi connectivity index (χ0) is 37.3. The third kappa shape index (κ3) is 6.42. The third-order valence-electron chi connectivity index (χ3n) is 10.5. The number of fused-ring (bicyclic) bond motifs is 3. The number of pyridine rings is 1. The Hall–Kier alpha value is -7.49. The van der Waals surface area contributed by atoms with Crippen LogP contribution in [0.4, 0.5) is 0 Å². The van der Waals surface area contributed by atoms with E-state index in [9.17, 15) is 0 Å². The van der Waals surface area contributed by atoms with Gasteiger partial charge in [0.2, 0.25) is 0 Å². The Bertz CT molecular complexity index is 2980. The van der Waals surface area contributed by atoms with Crippen LogP contribution in [0.3, 0.4) is 0 Å². The summed E-state index contributed by atoms with van der Waals surface area (Å²) >= 11 is 0. The van der Waals surface area contributed by atoms with Crippen LogP contribution in [0.15, 0.2) is 212 Å². The van der Waals surface area contributed by atoms with Gasteiger partial charge in [-0.2, -0.15) is 0 Å². The van der Waals surface area contributed by atoms with Crippen molar-refractivity contribution in [3.63, 3.8) is 0 Å². The fourth-order valence-electron chi connectivity index (χ4n) is 7.62. The minimum atomic E-state index is 0.701. The minimum absolute atomic E-state index is 0.701. The van der Waals surface area contributed by atoms with Crippen molar-refractivity contribution >= 4 is 21.7 Å². The van der Waals surface area contributed by atoms with E-state index in [-0.39, 0.29) is 0 Å². The van der Waals surface area contributed by atoms with Gasteiger partial charge in [-0.15, -0.1) is 0 Å². The molecule has 0 aliphatic rings. The maximum absolute atomic E-state index is 5.20. The van der Waals surface area contributed by atoms with Crippen molar-refractivity contribution in [2.45, 2.75) is 0 Å². The van der Waals surface area contributed by atoms with Gasteiger partial charge in [-0.1, -0.05) is 182 Å². The van der Waals surface area contributed by atoms with Crippen LogP contribution in [0.25, 0.3) is 100 Å². The third-order valence-corrected chi connectivity index (χ3v) is 10.5. The molecule has 2 heterocycles. The number of nitrogens with zero attached hydrogens (tertiary/aromatic N) is 3. The summed E-state index contributed by atoms with van der Waals surface area (Å²) in [5, 5.41) is 3.52. The maximum Gasteiger partial charge on any atom is 0.160 e. The SMILES string of the molecule is c1ccc(-c2cccc(-c3cc(-c4ccc(-c5ccc6ccc7nc(-c8ccccc8)cc(-c8ccccc8)c7c6c5)cc4)nc(-c4ccccc4)n3)c2)cc1. The van der Waals surface area contributed by atoms with Crippen molar-refractivity contribution in [2.24, 2.45) is 0 Å². The van der Waals surface area contributed by atoms with Crippen LogP contribution >= 0.6 is 0 Å². The Morgan fingerprint density at radius 1 is 0.268 bits per heavy atom. The molecule has 0 saturated carbocycles. The molecule has 262 valence electrons. The molecule has 0 bridgehead atoms. The second kappa shape index (κ2) is 14.4. The molecule has 0 unspecified atom stereocenters. The van der Waals surface area contributed by atoms with E-state index in [0.717, 1.165) is 66.9 Å². The summed E-state index contributed by atoms with van der Waals surface area (Å²) in [6.45, 7) is 0. The Morgan fingerprint density at radius 2 is 0.732 bits per heavy atom. The highest BCUT2D eigenvalue weighted by Crippen LogP contribution is 2.39. The summed E-state index contributed by atoms with van der Waals surface area (Å²) in [7, 11) is 0. The van der Waals surface area contributed by atoms with Gasteiger partial charge in [-0.3, -0.25) is 0 Å². The smallest absolute Gasteiger partial charge is 0.160 e. The Kier molecular flexibility index (Phi) is 8.51. The predicted octanol–water partition coefficient (Wildman–Crippen LogP) is 13.8. The van der Waals surface area contributed by atoms with Crippen molar-refractivity contribution in [2.75, 3.05) is 0 Å². The first kappa shape index (κ1) is 33.1. The molecule has 0 spiro atoms. The second-order valence-corrected chi connectivity index (χ2v) is 14.0. The van der Waals surface area contributed by atoms with Crippen molar-refractivity contribution < 1.29 is 0 Å². The van der Waals surface area contributed by atoms with Gasteiger partial charge in [0, 0.05) is 27.6 Å². The molecule has 10 aromatic rings. The van der Waals surface area contributed by atoms with E-state index in [1.807, 2.05) is 30.3 Å². The summed E-state index contributed by atoms with van der Waals surface area (Å²) in [6.07, 6.45) is 0. The second-order valence-electron chi connectivity index (χ2n) is 14.0. The minimum Gasteiger partial charge on any atom is -0.248 e. The highest BCUT2D eigenvalue weighted by Gasteiger charge is 2.15. The molecule has 3 nitrogen and oxygen atoms in total. The van der Waals surface area contributed by atoms with Gasteiger partial charge in [0.1, 0.15) is 0 Å². The predicted molar refractivity (Wildman–Crippen MR) is 233 cm³/mol. The van der Waals surface area contributed by atoms with E-state index in [1.165, 1.54) is 27.5 Å². The number of aromatic nitrogens is 3. The van der Waals surface area contributed by atoms with Gasteiger partial charge >= 0.3 is 0 Å². The number of benzene rings is 8. The molecule has 0 radical (unpaired) electrons. The topological polar surface area (TPSA) is 38.7 Å². The Morgan fingerprint density at radius 3 is 1.43 bits per heavy atom. The molecule has 0 fully saturated rings. The maximum atomic E-state index is 5.20. The summed E-state index contributed by atoms with van der Waals surface area (Å²) in [6, 6.07) is 74.6. The fourth-order valence-corrected chi connectivity index (χ4v) is 7.62. The molecule has 56 heavy (non-hydrogen) atoms. The zero-order valence-corrected chi connectivity index (χ0v) is 30.5. The van der Waals surface area contributed by atoms with Crippen molar-refractivity contribution in [3.05, 3.63) is 212 Å². The average molecular weight is 714 g/mol. The van der Waals surface area contributed by atoms with Crippen LogP contribution in [-0.4, -0.2) is 15.0 Å². The molecule has 0 atom stereocenters. The first-order valence-electron chi connectivity index (χ1n) is 18.9. The molecule has 0 amide bonds. The summed E-state index contributed by atoms with van der Waals surface area (Å²) < 4.78 is 0. The van der Waals surface area contributed by atoms with Crippen molar-refractivity contribution in [1.29, 1.82) is 0 Å². The largest absolute Gasteiger partial charge is 0.248 e. The molecular weight excluding hydrogens is 679 g/mol. The van der Waals surface area contributed by atoms with Crippen LogP contribution in [-0.2, 0) is 0 Å². The zero-order valence-electron chi connectivity index (χ0n) is 30.5. The highest BCUT2D eigenvalue weighted by atomic mass is 14.9. The number of hydrogen-bond acceptors (Lipinski definition) is 3. The normalized spacial score (nSPS) is 11.2. The monoisotopic (exact) mass is 713 g/mol. The molecule has 2 aromatic heterocycles.